The molecule has 0 saturated heterocycles. The summed E-state index contributed by atoms with van der Waals surface area (Å²) in [7, 11) is 0. The molecule has 0 aliphatic heterocycles. The molecule has 0 aromatic heterocycles. The number of hydrogen-bond donors (Lipinski definition) is 3. The molecule has 82 valence electrons. The number of hydrogen-bond acceptors (Lipinski definition) is 2. The van der Waals surface area contributed by atoms with E-state index in [1.54, 1.807) is 12.1 Å². The number of carbonyl (C=O) groups excluding carboxylic acids is 1. The van der Waals surface area contributed by atoms with Crippen molar-refractivity contribution in [2.75, 3.05) is 18.5 Å². The highest BCUT2D eigenvalue weighted by Crippen LogP contribution is 2.19. The Morgan fingerprint density at radius 2 is 2.27 bits per heavy atom. The number of anilines is 1. The topological polar surface area (TPSA) is 61.4 Å². The molecule has 1 aromatic rings. The van der Waals surface area contributed by atoms with Crippen molar-refractivity contribution in [3.8, 4) is 0 Å². The van der Waals surface area contributed by atoms with Crippen LogP contribution < -0.4 is 10.6 Å². The largest absolute Gasteiger partial charge is 0.395 e. The highest BCUT2D eigenvalue weighted by atomic mass is 35.5. The summed E-state index contributed by atoms with van der Waals surface area (Å²) in [5.41, 5.74) is 1.58. The van der Waals surface area contributed by atoms with Crippen LogP contribution in [0.25, 0.3) is 0 Å². The molecule has 4 nitrogen and oxygen atoms in total. The fraction of sp³-hybridized carbons (Fsp3) is 0.300. The first-order chi connectivity index (χ1) is 7.13. The SMILES string of the molecule is Cc1ccc(NC(=O)NCCO)cc1Cl. The third-order valence-corrected chi connectivity index (χ3v) is 2.23. The fourth-order valence-corrected chi connectivity index (χ4v) is 1.20. The third kappa shape index (κ3) is 3.77. The van der Waals surface area contributed by atoms with E-state index in [-0.39, 0.29) is 19.2 Å². The molecular weight excluding hydrogens is 216 g/mol. The van der Waals surface area contributed by atoms with Gasteiger partial charge in [0, 0.05) is 17.3 Å². The summed E-state index contributed by atoms with van der Waals surface area (Å²) in [6.45, 7) is 2.03. The van der Waals surface area contributed by atoms with Gasteiger partial charge in [0.15, 0.2) is 0 Å². The van der Waals surface area contributed by atoms with Gasteiger partial charge in [-0.2, -0.15) is 0 Å². The second-order valence-electron chi connectivity index (χ2n) is 3.07. The molecule has 0 aliphatic carbocycles. The molecule has 1 aromatic carbocycles. The maximum atomic E-state index is 11.2. The number of aliphatic hydroxyl groups excluding tert-OH is 1. The quantitative estimate of drug-likeness (QED) is 0.738. The summed E-state index contributed by atoms with van der Waals surface area (Å²) >= 11 is 5.89. The lowest BCUT2D eigenvalue weighted by Gasteiger charge is -2.07. The Morgan fingerprint density at radius 1 is 1.53 bits per heavy atom. The minimum Gasteiger partial charge on any atom is -0.395 e. The Hall–Kier alpha value is -1.26. The van der Waals surface area contributed by atoms with Crippen molar-refractivity contribution >= 4 is 23.3 Å². The molecule has 3 N–H and O–H groups in total. The summed E-state index contributed by atoms with van der Waals surface area (Å²) in [6.07, 6.45) is 0. The average Bonchev–Trinajstić information content (AvgIpc) is 2.20. The molecule has 5 heteroatoms. The molecule has 0 fully saturated rings. The number of rotatable bonds is 3. The predicted molar refractivity (Wildman–Crippen MR) is 60.3 cm³/mol. The molecule has 0 unspecified atom stereocenters. The van der Waals surface area contributed by atoms with Crippen molar-refractivity contribution in [1.82, 2.24) is 5.32 Å². The molecule has 15 heavy (non-hydrogen) atoms. The van der Waals surface area contributed by atoms with Crippen LogP contribution in [0.4, 0.5) is 10.5 Å². The third-order valence-electron chi connectivity index (χ3n) is 1.83. The van der Waals surface area contributed by atoms with Crippen LogP contribution >= 0.6 is 11.6 Å². The van der Waals surface area contributed by atoms with E-state index in [2.05, 4.69) is 10.6 Å². The zero-order valence-corrected chi connectivity index (χ0v) is 9.14. The van der Waals surface area contributed by atoms with Gasteiger partial charge in [-0.25, -0.2) is 4.79 Å². The predicted octanol–water partition coefficient (Wildman–Crippen LogP) is 1.76. The van der Waals surface area contributed by atoms with Gasteiger partial charge in [0.25, 0.3) is 0 Å². The van der Waals surface area contributed by atoms with E-state index < -0.39 is 0 Å². The highest BCUT2D eigenvalue weighted by Gasteiger charge is 2.02. The minimum atomic E-state index is -0.357. The molecule has 2 amide bonds. The normalized spacial score (nSPS) is 9.80. The van der Waals surface area contributed by atoms with Crippen LogP contribution in [0, 0.1) is 6.92 Å². The first-order valence-corrected chi connectivity index (χ1v) is 4.93. The second kappa shape index (κ2) is 5.58. The lowest BCUT2D eigenvalue weighted by atomic mass is 10.2. The number of aryl methyl sites for hydroxylation is 1. The lowest BCUT2D eigenvalue weighted by molar-refractivity contribution is 0.245. The molecule has 1 rings (SSSR count). The van der Waals surface area contributed by atoms with Gasteiger partial charge in [0.2, 0.25) is 0 Å². The van der Waals surface area contributed by atoms with E-state index in [1.165, 1.54) is 0 Å². The van der Waals surface area contributed by atoms with Crippen LogP contribution in [0.2, 0.25) is 5.02 Å². The van der Waals surface area contributed by atoms with Crippen LogP contribution in [0.5, 0.6) is 0 Å². The van der Waals surface area contributed by atoms with E-state index >= 15 is 0 Å². The number of nitrogens with one attached hydrogen (secondary N) is 2. The molecule has 0 aliphatic rings. The molecule has 0 radical (unpaired) electrons. The van der Waals surface area contributed by atoms with Crippen LogP contribution in [0.15, 0.2) is 18.2 Å². The van der Waals surface area contributed by atoms with Gasteiger partial charge < -0.3 is 15.7 Å². The van der Waals surface area contributed by atoms with Crippen molar-refractivity contribution in [2.45, 2.75) is 6.92 Å². The first-order valence-electron chi connectivity index (χ1n) is 4.55. The van der Waals surface area contributed by atoms with Gasteiger partial charge in [-0.3, -0.25) is 0 Å². The van der Waals surface area contributed by atoms with E-state index in [1.807, 2.05) is 13.0 Å². The van der Waals surface area contributed by atoms with Crippen LogP contribution in [0.3, 0.4) is 0 Å². The standard InChI is InChI=1S/C10H13ClN2O2/c1-7-2-3-8(6-9(7)11)13-10(15)12-4-5-14/h2-3,6,14H,4-5H2,1H3,(H2,12,13,15). The van der Waals surface area contributed by atoms with E-state index in [4.69, 9.17) is 16.7 Å². The summed E-state index contributed by atoms with van der Waals surface area (Å²) < 4.78 is 0. The van der Waals surface area contributed by atoms with E-state index in [9.17, 15) is 4.79 Å². The van der Waals surface area contributed by atoms with Crippen molar-refractivity contribution in [2.24, 2.45) is 0 Å². The molecule has 0 spiro atoms. The Balaban J connectivity index is 2.57. The molecule has 0 bridgehead atoms. The second-order valence-corrected chi connectivity index (χ2v) is 3.48. The van der Waals surface area contributed by atoms with Gasteiger partial charge in [-0.1, -0.05) is 17.7 Å². The van der Waals surface area contributed by atoms with Crippen molar-refractivity contribution in [3.63, 3.8) is 0 Å². The highest BCUT2D eigenvalue weighted by molar-refractivity contribution is 6.31. The zero-order chi connectivity index (χ0) is 11.3. The maximum absolute atomic E-state index is 11.2. The van der Waals surface area contributed by atoms with Gasteiger partial charge in [-0.15, -0.1) is 0 Å². The number of aliphatic hydroxyl groups is 1. The zero-order valence-electron chi connectivity index (χ0n) is 8.38. The van der Waals surface area contributed by atoms with Crippen LogP contribution in [-0.4, -0.2) is 24.3 Å². The van der Waals surface area contributed by atoms with Crippen LogP contribution in [-0.2, 0) is 0 Å². The Morgan fingerprint density at radius 3 is 2.87 bits per heavy atom. The van der Waals surface area contributed by atoms with E-state index in [0.29, 0.717) is 10.7 Å². The monoisotopic (exact) mass is 228 g/mol. The van der Waals surface area contributed by atoms with Crippen LogP contribution in [0.1, 0.15) is 5.56 Å². The van der Waals surface area contributed by atoms with Gasteiger partial charge in [-0.05, 0) is 24.6 Å². The van der Waals surface area contributed by atoms with Gasteiger partial charge in [0.05, 0.1) is 6.61 Å². The Kier molecular flexibility index (Phi) is 4.39. The minimum absolute atomic E-state index is 0.0813. The number of benzene rings is 1. The maximum Gasteiger partial charge on any atom is 0.319 e. The molecular formula is C10H13ClN2O2. The lowest BCUT2D eigenvalue weighted by Crippen LogP contribution is -2.30. The smallest absolute Gasteiger partial charge is 0.319 e. The number of halogens is 1. The number of carbonyl (C=O) groups is 1. The average molecular weight is 229 g/mol. The Bertz CT molecular complexity index is 355. The molecule has 0 atom stereocenters. The van der Waals surface area contributed by atoms with Crippen molar-refractivity contribution in [3.05, 3.63) is 28.8 Å². The summed E-state index contributed by atoms with van der Waals surface area (Å²) in [5.74, 6) is 0. The number of urea groups is 1. The number of amides is 2. The van der Waals surface area contributed by atoms with Crippen molar-refractivity contribution in [1.29, 1.82) is 0 Å². The molecule has 0 saturated carbocycles. The van der Waals surface area contributed by atoms with Crippen molar-refractivity contribution < 1.29 is 9.90 Å². The Labute approximate surface area is 93.2 Å². The van der Waals surface area contributed by atoms with Gasteiger partial charge in [0.1, 0.15) is 0 Å². The first kappa shape index (κ1) is 11.8. The summed E-state index contributed by atoms with van der Waals surface area (Å²) in [5, 5.41) is 14.2. The molecule has 0 heterocycles. The summed E-state index contributed by atoms with van der Waals surface area (Å²) in [4.78, 5) is 11.2. The van der Waals surface area contributed by atoms with E-state index in [0.717, 1.165) is 5.56 Å². The van der Waals surface area contributed by atoms with Gasteiger partial charge >= 0.3 is 6.03 Å². The summed E-state index contributed by atoms with van der Waals surface area (Å²) in [6, 6.07) is 4.91. The fourth-order valence-electron chi connectivity index (χ4n) is 1.02.